The molecule has 0 aliphatic heterocycles. The first-order chi connectivity index (χ1) is 7.51. The summed E-state index contributed by atoms with van der Waals surface area (Å²) in [7, 11) is 1.44. The molecule has 3 nitrogen and oxygen atoms in total. The lowest BCUT2D eigenvalue weighted by Crippen LogP contribution is -2.33. The number of nitrogens with one attached hydrogen (secondary N) is 1. The lowest BCUT2D eigenvalue weighted by Gasteiger charge is -2.25. The van der Waals surface area contributed by atoms with Crippen LogP contribution in [-0.2, 0) is 5.41 Å². The molecule has 0 spiro atoms. The SMILES string of the molecule is COc1ccc(C(C)(C)CNCO)cc1F. The first kappa shape index (κ1) is 12.9. The van der Waals surface area contributed by atoms with Gasteiger partial charge in [-0.3, -0.25) is 5.32 Å². The maximum atomic E-state index is 13.5. The molecule has 0 aliphatic carbocycles. The fourth-order valence-electron chi connectivity index (χ4n) is 1.56. The van der Waals surface area contributed by atoms with Crippen molar-refractivity contribution in [3.05, 3.63) is 29.6 Å². The molecular weight excluding hydrogens is 209 g/mol. The van der Waals surface area contributed by atoms with Crippen LogP contribution in [0.3, 0.4) is 0 Å². The fraction of sp³-hybridized carbons (Fsp3) is 0.500. The van der Waals surface area contributed by atoms with E-state index in [2.05, 4.69) is 5.32 Å². The topological polar surface area (TPSA) is 41.5 Å². The van der Waals surface area contributed by atoms with Gasteiger partial charge in [0.2, 0.25) is 0 Å². The van der Waals surface area contributed by atoms with Gasteiger partial charge >= 0.3 is 0 Å². The van der Waals surface area contributed by atoms with Gasteiger partial charge in [0.15, 0.2) is 11.6 Å². The summed E-state index contributed by atoms with van der Waals surface area (Å²) in [6.07, 6.45) is 0. The van der Waals surface area contributed by atoms with Crippen LogP contribution in [0.5, 0.6) is 5.75 Å². The van der Waals surface area contributed by atoms with E-state index in [1.54, 1.807) is 6.07 Å². The Morgan fingerprint density at radius 1 is 1.44 bits per heavy atom. The second kappa shape index (κ2) is 5.27. The van der Waals surface area contributed by atoms with Crippen molar-refractivity contribution in [3.63, 3.8) is 0 Å². The molecule has 1 aromatic rings. The molecular formula is C12H18FNO2. The van der Waals surface area contributed by atoms with E-state index in [1.165, 1.54) is 13.2 Å². The molecule has 0 aromatic heterocycles. The van der Waals surface area contributed by atoms with E-state index in [9.17, 15) is 4.39 Å². The lowest BCUT2D eigenvalue weighted by molar-refractivity contribution is 0.247. The van der Waals surface area contributed by atoms with Gasteiger partial charge in [-0.05, 0) is 17.7 Å². The Labute approximate surface area is 95.2 Å². The average Bonchev–Trinajstić information content (AvgIpc) is 2.26. The quantitative estimate of drug-likeness (QED) is 0.752. The first-order valence-corrected chi connectivity index (χ1v) is 5.17. The Hall–Kier alpha value is -1.13. The van der Waals surface area contributed by atoms with Gasteiger partial charge in [-0.25, -0.2) is 4.39 Å². The predicted molar refractivity (Wildman–Crippen MR) is 61.1 cm³/mol. The largest absolute Gasteiger partial charge is 0.494 e. The average molecular weight is 227 g/mol. The van der Waals surface area contributed by atoms with Crippen LogP contribution in [0.15, 0.2) is 18.2 Å². The third kappa shape index (κ3) is 2.93. The summed E-state index contributed by atoms with van der Waals surface area (Å²) in [5.74, 6) is -0.119. The van der Waals surface area contributed by atoms with Crippen LogP contribution >= 0.6 is 0 Å². The molecule has 1 rings (SSSR count). The monoisotopic (exact) mass is 227 g/mol. The number of benzene rings is 1. The number of hydrogen-bond donors (Lipinski definition) is 2. The summed E-state index contributed by atoms with van der Waals surface area (Å²) in [5.41, 5.74) is 0.627. The summed E-state index contributed by atoms with van der Waals surface area (Å²) in [6, 6.07) is 4.92. The number of ether oxygens (including phenoxy) is 1. The summed E-state index contributed by atoms with van der Waals surface area (Å²) in [4.78, 5) is 0. The van der Waals surface area contributed by atoms with Crippen molar-refractivity contribution in [2.75, 3.05) is 20.4 Å². The van der Waals surface area contributed by atoms with Crippen LogP contribution in [0, 0.1) is 5.82 Å². The number of rotatable bonds is 5. The molecule has 0 heterocycles. The van der Waals surface area contributed by atoms with Gasteiger partial charge < -0.3 is 9.84 Å². The minimum absolute atomic E-state index is 0.0813. The van der Waals surface area contributed by atoms with E-state index < -0.39 is 0 Å². The van der Waals surface area contributed by atoms with Gasteiger partial charge in [-0.2, -0.15) is 0 Å². The van der Waals surface area contributed by atoms with Crippen LogP contribution in [0.25, 0.3) is 0 Å². The standard InChI is InChI=1S/C12H18FNO2/c1-12(2,7-14-8-15)9-4-5-11(16-3)10(13)6-9/h4-6,14-15H,7-8H2,1-3H3. The predicted octanol–water partition coefficient (Wildman–Crippen LogP) is 1.65. The van der Waals surface area contributed by atoms with Crippen molar-refractivity contribution in [1.29, 1.82) is 0 Å². The van der Waals surface area contributed by atoms with Crippen LogP contribution in [0.2, 0.25) is 0 Å². The molecule has 0 fully saturated rings. The molecule has 0 amide bonds. The van der Waals surface area contributed by atoms with E-state index in [-0.39, 0.29) is 23.7 Å². The molecule has 0 bridgehead atoms. The Balaban J connectivity index is 2.91. The first-order valence-electron chi connectivity index (χ1n) is 5.17. The molecule has 0 atom stereocenters. The molecule has 0 saturated heterocycles. The molecule has 1 aromatic carbocycles. The van der Waals surface area contributed by atoms with Gasteiger partial charge in [0.25, 0.3) is 0 Å². The number of aliphatic hydroxyl groups excluding tert-OH is 1. The third-order valence-electron chi connectivity index (χ3n) is 2.61. The molecule has 0 saturated carbocycles. The van der Waals surface area contributed by atoms with Gasteiger partial charge in [-0.1, -0.05) is 19.9 Å². The summed E-state index contributed by atoms with van der Waals surface area (Å²) in [5, 5.41) is 11.5. The highest BCUT2D eigenvalue weighted by Gasteiger charge is 2.21. The maximum absolute atomic E-state index is 13.5. The Morgan fingerprint density at radius 3 is 2.62 bits per heavy atom. The number of halogens is 1. The normalized spacial score (nSPS) is 11.6. The van der Waals surface area contributed by atoms with Crippen molar-refractivity contribution < 1.29 is 14.2 Å². The van der Waals surface area contributed by atoms with Crippen molar-refractivity contribution in [3.8, 4) is 5.75 Å². The van der Waals surface area contributed by atoms with Crippen molar-refractivity contribution >= 4 is 0 Å². The lowest BCUT2D eigenvalue weighted by atomic mass is 9.84. The third-order valence-corrected chi connectivity index (χ3v) is 2.61. The highest BCUT2D eigenvalue weighted by atomic mass is 19.1. The van der Waals surface area contributed by atoms with E-state index in [1.807, 2.05) is 19.9 Å². The smallest absolute Gasteiger partial charge is 0.165 e. The molecule has 16 heavy (non-hydrogen) atoms. The van der Waals surface area contributed by atoms with Crippen LogP contribution < -0.4 is 10.1 Å². The summed E-state index contributed by atoms with van der Waals surface area (Å²) in [6.45, 7) is 4.46. The molecule has 0 unspecified atom stereocenters. The van der Waals surface area contributed by atoms with E-state index in [0.717, 1.165) is 5.56 Å². The second-order valence-corrected chi connectivity index (χ2v) is 4.32. The van der Waals surface area contributed by atoms with Crippen LogP contribution in [0.1, 0.15) is 19.4 Å². The zero-order chi connectivity index (χ0) is 12.2. The highest BCUT2D eigenvalue weighted by Crippen LogP contribution is 2.26. The Bertz CT molecular complexity index is 353. The number of methoxy groups -OCH3 is 1. The zero-order valence-electron chi connectivity index (χ0n) is 9.88. The van der Waals surface area contributed by atoms with Crippen molar-refractivity contribution in [2.24, 2.45) is 0 Å². The Kier molecular flexibility index (Phi) is 4.26. The second-order valence-electron chi connectivity index (χ2n) is 4.32. The maximum Gasteiger partial charge on any atom is 0.165 e. The molecule has 90 valence electrons. The van der Waals surface area contributed by atoms with Gasteiger partial charge in [0.05, 0.1) is 13.8 Å². The molecule has 0 aliphatic rings. The van der Waals surface area contributed by atoms with E-state index in [0.29, 0.717) is 6.54 Å². The summed E-state index contributed by atoms with van der Waals surface area (Å²) < 4.78 is 18.4. The molecule has 2 N–H and O–H groups in total. The number of hydrogen-bond acceptors (Lipinski definition) is 3. The van der Waals surface area contributed by atoms with Crippen LogP contribution in [0.4, 0.5) is 4.39 Å². The van der Waals surface area contributed by atoms with E-state index >= 15 is 0 Å². The fourth-order valence-corrected chi connectivity index (χ4v) is 1.56. The van der Waals surface area contributed by atoms with Gasteiger partial charge in [0, 0.05) is 12.0 Å². The Morgan fingerprint density at radius 2 is 2.12 bits per heavy atom. The minimum atomic E-state index is -0.364. The zero-order valence-corrected chi connectivity index (χ0v) is 9.88. The molecule has 0 radical (unpaired) electrons. The van der Waals surface area contributed by atoms with Gasteiger partial charge in [0.1, 0.15) is 0 Å². The highest BCUT2D eigenvalue weighted by molar-refractivity contribution is 5.33. The van der Waals surface area contributed by atoms with Gasteiger partial charge in [-0.15, -0.1) is 0 Å². The number of aliphatic hydroxyl groups is 1. The summed E-state index contributed by atoms with van der Waals surface area (Å²) >= 11 is 0. The van der Waals surface area contributed by atoms with Crippen LogP contribution in [-0.4, -0.2) is 25.5 Å². The molecule has 4 heteroatoms. The van der Waals surface area contributed by atoms with Crippen molar-refractivity contribution in [1.82, 2.24) is 5.32 Å². The minimum Gasteiger partial charge on any atom is -0.494 e. The van der Waals surface area contributed by atoms with E-state index in [4.69, 9.17) is 9.84 Å². The van der Waals surface area contributed by atoms with Crippen molar-refractivity contribution in [2.45, 2.75) is 19.3 Å².